The summed E-state index contributed by atoms with van der Waals surface area (Å²) in [5, 5.41) is 8.97. The zero-order chi connectivity index (χ0) is 13.8. The van der Waals surface area contributed by atoms with Crippen molar-refractivity contribution in [3.63, 3.8) is 0 Å². The Labute approximate surface area is 110 Å². The van der Waals surface area contributed by atoms with Crippen LogP contribution in [0.2, 0.25) is 0 Å². The van der Waals surface area contributed by atoms with Crippen molar-refractivity contribution in [1.29, 1.82) is 0 Å². The van der Waals surface area contributed by atoms with E-state index >= 15 is 0 Å². The van der Waals surface area contributed by atoms with Gasteiger partial charge >= 0.3 is 5.97 Å². The smallest absolute Gasteiger partial charge is 0.335 e. The summed E-state index contributed by atoms with van der Waals surface area (Å²) >= 11 is 0. The van der Waals surface area contributed by atoms with E-state index in [1.165, 1.54) is 6.07 Å². The molecule has 0 aromatic heterocycles. The van der Waals surface area contributed by atoms with E-state index in [-0.39, 0.29) is 18.1 Å². The Balaban J connectivity index is 2.13. The highest BCUT2D eigenvalue weighted by Crippen LogP contribution is 2.29. The van der Waals surface area contributed by atoms with E-state index in [1.807, 2.05) is 0 Å². The molecular formula is C13H16N2O4. The highest BCUT2D eigenvalue weighted by Gasteiger charge is 2.25. The fraction of sp³-hybridized carbons (Fsp3) is 0.385. The summed E-state index contributed by atoms with van der Waals surface area (Å²) in [5.74, 6) is -1.17. The second kappa shape index (κ2) is 5.81. The molecule has 1 heterocycles. The number of carbonyl (C=O) groups excluding carboxylic acids is 1. The summed E-state index contributed by atoms with van der Waals surface area (Å²) in [6.45, 7) is 1.23. The van der Waals surface area contributed by atoms with Crippen molar-refractivity contribution in [2.75, 3.05) is 31.2 Å². The Morgan fingerprint density at radius 1 is 1.42 bits per heavy atom. The number of rotatable bonds is 5. The van der Waals surface area contributed by atoms with Gasteiger partial charge < -0.3 is 20.5 Å². The fourth-order valence-electron chi connectivity index (χ4n) is 2.09. The first-order valence-corrected chi connectivity index (χ1v) is 6.08. The molecule has 0 saturated heterocycles. The summed E-state index contributed by atoms with van der Waals surface area (Å²) in [5.41, 5.74) is 7.12. The summed E-state index contributed by atoms with van der Waals surface area (Å²) in [7, 11) is 0. The Hall–Kier alpha value is -1.92. The van der Waals surface area contributed by atoms with Crippen LogP contribution in [0.5, 0.6) is 0 Å². The van der Waals surface area contributed by atoms with Gasteiger partial charge in [0.15, 0.2) is 0 Å². The minimum Gasteiger partial charge on any atom is -0.478 e. The van der Waals surface area contributed by atoms with Gasteiger partial charge in [-0.1, -0.05) is 6.07 Å². The van der Waals surface area contributed by atoms with Crippen molar-refractivity contribution in [2.45, 2.75) is 6.42 Å². The van der Waals surface area contributed by atoms with Gasteiger partial charge in [-0.3, -0.25) is 4.79 Å². The molecule has 0 saturated carbocycles. The molecule has 3 N–H and O–H groups in total. The third-order valence-corrected chi connectivity index (χ3v) is 3.02. The monoisotopic (exact) mass is 264 g/mol. The maximum atomic E-state index is 12.0. The van der Waals surface area contributed by atoms with Crippen molar-refractivity contribution < 1.29 is 19.4 Å². The number of amides is 1. The van der Waals surface area contributed by atoms with Gasteiger partial charge in [0, 0.05) is 18.8 Å². The molecule has 0 bridgehead atoms. The lowest BCUT2D eigenvalue weighted by atomic mass is 10.1. The summed E-state index contributed by atoms with van der Waals surface area (Å²) < 4.78 is 5.12. The Bertz CT molecular complexity index is 501. The number of nitrogens with two attached hydrogens (primary N) is 1. The van der Waals surface area contributed by atoms with Crippen LogP contribution in [-0.4, -0.2) is 43.3 Å². The molecule has 2 rings (SSSR count). The molecule has 0 aliphatic carbocycles. The van der Waals surface area contributed by atoms with Gasteiger partial charge in [0.2, 0.25) is 0 Å². The average molecular weight is 264 g/mol. The quantitative estimate of drug-likeness (QED) is 0.744. The molecule has 6 nitrogen and oxygen atoms in total. The van der Waals surface area contributed by atoms with Crippen LogP contribution in [0.25, 0.3) is 0 Å². The van der Waals surface area contributed by atoms with E-state index in [4.69, 9.17) is 15.6 Å². The lowest BCUT2D eigenvalue weighted by molar-refractivity contribution is -0.122. The van der Waals surface area contributed by atoms with Crippen LogP contribution in [0.3, 0.4) is 0 Å². The second-order valence-corrected chi connectivity index (χ2v) is 4.29. The summed E-state index contributed by atoms with van der Waals surface area (Å²) in [4.78, 5) is 24.5. The van der Waals surface area contributed by atoms with Crippen LogP contribution in [-0.2, 0) is 16.0 Å². The summed E-state index contributed by atoms with van der Waals surface area (Å²) in [6.07, 6.45) is 0.734. The molecule has 0 spiro atoms. The topological polar surface area (TPSA) is 92.9 Å². The molecular weight excluding hydrogens is 248 g/mol. The molecule has 0 unspecified atom stereocenters. The van der Waals surface area contributed by atoms with Gasteiger partial charge in [-0.05, 0) is 24.1 Å². The van der Waals surface area contributed by atoms with Crippen molar-refractivity contribution in [3.05, 3.63) is 29.3 Å². The van der Waals surface area contributed by atoms with Gasteiger partial charge in [0.25, 0.3) is 5.91 Å². The number of nitrogens with zero attached hydrogens (tertiary/aromatic N) is 1. The van der Waals surface area contributed by atoms with Crippen LogP contribution in [0.1, 0.15) is 15.9 Å². The zero-order valence-corrected chi connectivity index (χ0v) is 10.5. The number of carboxylic acids is 1. The molecule has 1 amide bonds. The van der Waals surface area contributed by atoms with Crippen molar-refractivity contribution >= 4 is 17.6 Å². The highest BCUT2D eigenvalue weighted by atomic mass is 16.5. The number of ether oxygens (including phenoxy) is 1. The van der Waals surface area contributed by atoms with E-state index in [9.17, 15) is 9.59 Å². The predicted octanol–water partition coefficient (Wildman–Crippen LogP) is 0.249. The third-order valence-electron chi connectivity index (χ3n) is 3.02. The van der Waals surface area contributed by atoms with Crippen LogP contribution in [0, 0.1) is 0 Å². The lowest BCUT2D eigenvalue weighted by Crippen LogP contribution is -2.33. The second-order valence-electron chi connectivity index (χ2n) is 4.29. The van der Waals surface area contributed by atoms with Crippen LogP contribution < -0.4 is 10.6 Å². The van der Waals surface area contributed by atoms with E-state index in [0.717, 1.165) is 12.0 Å². The maximum absolute atomic E-state index is 12.0. The Morgan fingerprint density at radius 3 is 2.89 bits per heavy atom. The average Bonchev–Trinajstić information content (AvgIpc) is 2.81. The van der Waals surface area contributed by atoms with Gasteiger partial charge in [-0.25, -0.2) is 4.79 Å². The van der Waals surface area contributed by atoms with Crippen molar-refractivity contribution in [2.24, 2.45) is 5.73 Å². The van der Waals surface area contributed by atoms with Gasteiger partial charge in [0.1, 0.15) is 6.61 Å². The number of hydrogen-bond acceptors (Lipinski definition) is 4. The number of fused-ring (bicyclic) bond motifs is 1. The lowest BCUT2D eigenvalue weighted by Gasteiger charge is -2.17. The van der Waals surface area contributed by atoms with E-state index in [0.29, 0.717) is 25.4 Å². The molecule has 102 valence electrons. The minimum atomic E-state index is -0.999. The first-order valence-electron chi connectivity index (χ1n) is 6.08. The SMILES string of the molecule is NCCOCC(=O)N1CCc2ccc(C(=O)O)cc21. The first kappa shape index (κ1) is 13.5. The normalized spacial score (nSPS) is 13.4. The fourth-order valence-corrected chi connectivity index (χ4v) is 2.09. The number of aromatic carboxylic acids is 1. The largest absolute Gasteiger partial charge is 0.478 e. The molecule has 1 aromatic rings. The first-order chi connectivity index (χ1) is 9.13. The number of benzene rings is 1. The Kier molecular flexibility index (Phi) is 4.13. The third kappa shape index (κ3) is 2.91. The molecule has 1 aliphatic heterocycles. The number of carboxylic acid groups (broad SMARTS) is 1. The van der Waals surface area contributed by atoms with E-state index in [2.05, 4.69) is 0 Å². The minimum absolute atomic E-state index is 0.0338. The number of anilines is 1. The molecule has 6 heteroatoms. The van der Waals surface area contributed by atoms with E-state index in [1.54, 1.807) is 17.0 Å². The van der Waals surface area contributed by atoms with E-state index < -0.39 is 5.97 Å². The summed E-state index contributed by atoms with van der Waals surface area (Å²) in [6, 6.07) is 4.85. The van der Waals surface area contributed by atoms with Crippen LogP contribution >= 0.6 is 0 Å². The highest BCUT2D eigenvalue weighted by molar-refractivity contribution is 5.98. The zero-order valence-electron chi connectivity index (χ0n) is 10.5. The van der Waals surface area contributed by atoms with Crippen LogP contribution in [0.15, 0.2) is 18.2 Å². The molecule has 1 aliphatic rings. The number of carbonyl (C=O) groups is 2. The predicted molar refractivity (Wildman–Crippen MR) is 69.3 cm³/mol. The molecule has 1 aromatic carbocycles. The number of hydrogen-bond donors (Lipinski definition) is 2. The van der Waals surface area contributed by atoms with Gasteiger partial charge in [-0.15, -0.1) is 0 Å². The van der Waals surface area contributed by atoms with Crippen LogP contribution in [0.4, 0.5) is 5.69 Å². The van der Waals surface area contributed by atoms with Crippen molar-refractivity contribution in [3.8, 4) is 0 Å². The van der Waals surface area contributed by atoms with Gasteiger partial charge in [0.05, 0.1) is 12.2 Å². The molecule has 19 heavy (non-hydrogen) atoms. The molecule has 0 fully saturated rings. The maximum Gasteiger partial charge on any atom is 0.335 e. The van der Waals surface area contributed by atoms with Gasteiger partial charge in [-0.2, -0.15) is 0 Å². The Morgan fingerprint density at radius 2 is 2.21 bits per heavy atom. The standard InChI is InChI=1S/C13H16N2O4/c14-4-6-19-8-12(16)15-5-3-9-1-2-10(13(17)18)7-11(9)15/h1-2,7H,3-6,8,14H2,(H,17,18). The van der Waals surface area contributed by atoms with Crippen molar-refractivity contribution in [1.82, 2.24) is 0 Å². The molecule has 0 radical (unpaired) electrons. The molecule has 0 atom stereocenters.